The van der Waals surface area contributed by atoms with Crippen LogP contribution in [0, 0.1) is 6.92 Å². The number of hydrogen-bond donors (Lipinski definition) is 1. The number of amides is 1. The zero-order valence-corrected chi connectivity index (χ0v) is 12.8. The number of hydrogen-bond acceptors (Lipinski definition) is 2. The Bertz CT molecular complexity index is 678. The van der Waals surface area contributed by atoms with Crippen LogP contribution in [0.4, 0.5) is 0 Å². The predicted octanol–water partition coefficient (Wildman–Crippen LogP) is 3.11. The van der Waals surface area contributed by atoms with Crippen molar-refractivity contribution in [2.45, 2.75) is 39.3 Å². The molecule has 0 saturated carbocycles. The summed E-state index contributed by atoms with van der Waals surface area (Å²) in [5, 5.41) is 3.70. The molecule has 1 amide bonds. The number of aryl methyl sites for hydroxylation is 2. The second-order valence-electron chi connectivity index (χ2n) is 5.43. The molecule has 1 aromatic carbocycles. The van der Waals surface area contributed by atoms with Gasteiger partial charge in [0.15, 0.2) is 0 Å². The molecule has 1 aliphatic rings. The zero-order valence-electron chi connectivity index (χ0n) is 12.0. The molecule has 21 heavy (non-hydrogen) atoms. The highest BCUT2D eigenvalue weighted by molar-refractivity contribution is 6.31. The van der Waals surface area contributed by atoms with E-state index < -0.39 is 0 Å². The SMILES string of the molecule is Cc1cc(CNC(=O)c2cnc3n2CCCC3)ccc1Cl. The topological polar surface area (TPSA) is 46.9 Å². The molecule has 0 fully saturated rings. The fourth-order valence-corrected chi connectivity index (χ4v) is 2.80. The van der Waals surface area contributed by atoms with Crippen LogP contribution in [-0.2, 0) is 19.5 Å². The van der Waals surface area contributed by atoms with Gasteiger partial charge in [-0.2, -0.15) is 0 Å². The third kappa shape index (κ3) is 2.95. The molecule has 3 rings (SSSR count). The van der Waals surface area contributed by atoms with Crippen LogP contribution in [0.1, 0.15) is 40.3 Å². The summed E-state index contributed by atoms with van der Waals surface area (Å²) in [5.74, 6) is 0.956. The number of rotatable bonds is 3. The smallest absolute Gasteiger partial charge is 0.269 e. The molecular formula is C16H18ClN3O. The van der Waals surface area contributed by atoms with Gasteiger partial charge >= 0.3 is 0 Å². The number of halogens is 1. The zero-order chi connectivity index (χ0) is 14.8. The average molecular weight is 304 g/mol. The van der Waals surface area contributed by atoms with Crippen molar-refractivity contribution in [2.24, 2.45) is 0 Å². The highest BCUT2D eigenvalue weighted by atomic mass is 35.5. The average Bonchev–Trinajstić information content (AvgIpc) is 2.92. The van der Waals surface area contributed by atoms with Crippen LogP contribution in [0.25, 0.3) is 0 Å². The molecule has 0 atom stereocenters. The minimum absolute atomic E-state index is 0.0664. The van der Waals surface area contributed by atoms with Crippen molar-refractivity contribution in [2.75, 3.05) is 0 Å². The summed E-state index contributed by atoms with van der Waals surface area (Å²) in [6.07, 6.45) is 4.91. The Balaban J connectivity index is 1.69. The van der Waals surface area contributed by atoms with Crippen LogP contribution < -0.4 is 5.32 Å². The second kappa shape index (κ2) is 5.90. The molecule has 0 spiro atoms. The van der Waals surface area contributed by atoms with Crippen molar-refractivity contribution in [3.05, 3.63) is 52.1 Å². The molecule has 2 aromatic rings. The lowest BCUT2D eigenvalue weighted by Crippen LogP contribution is -2.26. The van der Waals surface area contributed by atoms with Crippen molar-refractivity contribution in [3.8, 4) is 0 Å². The lowest BCUT2D eigenvalue weighted by molar-refractivity contribution is 0.0940. The van der Waals surface area contributed by atoms with E-state index in [0.717, 1.165) is 47.8 Å². The Morgan fingerprint density at radius 2 is 2.29 bits per heavy atom. The summed E-state index contributed by atoms with van der Waals surface area (Å²) in [5.41, 5.74) is 2.73. The second-order valence-corrected chi connectivity index (χ2v) is 5.84. The van der Waals surface area contributed by atoms with E-state index in [2.05, 4.69) is 10.3 Å². The lowest BCUT2D eigenvalue weighted by atomic mass is 10.1. The van der Waals surface area contributed by atoms with Gasteiger partial charge in [0.2, 0.25) is 0 Å². The highest BCUT2D eigenvalue weighted by Crippen LogP contribution is 2.17. The Hall–Kier alpha value is -1.81. The Morgan fingerprint density at radius 1 is 1.43 bits per heavy atom. The molecule has 0 unspecified atom stereocenters. The van der Waals surface area contributed by atoms with Gasteiger partial charge in [0.1, 0.15) is 11.5 Å². The molecule has 4 nitrogen and oxygen atoms in total. The van der Waals surface area contributed by atoms with E-state index in [9.17, 15) is 4.79 Å². The largest absolute Gasteiger partial charge is 0.347 e. The number of carbonyl (C=O) groups is 1. The number of nitrogens with one attached hydrogen (secondary N) is 1. The van der Waals surface area contributed by atoms with Gasteiger partial charge in [-0.15, -0.1) is 0 Å². The number of fused-ring (bicyclic) bond motifs is 1. The van der Waals surface area contributed by atoms with Crippen molar-refractivity contribution in [1.29, 1.82) is 0 Å². The van der Waals surface area contributed by atoms with E-state index in [1.165, 1.54) is 0 Å². The molecule has 1 N–H and O–H groups in total. The highest BCUT2D eigenvalue weighted by Gasteiger charge is 2.18. The molecule has 5 heteroatoms. The van der Waals surface area contributed by atoms with Crippen LogP contribution in [0.5, 0.6) is 0 Å². The standard InChI is InChI=1S/C16H18ClN3O/c1-11-8-12(5-6-13(11)17)9-19-16(21)14-10-18-15-4-2-3-7-20(14)15/h5-6,8,10H,2-4,7,9H2,1H3,(H,19,21). The number of benzene rings is 1. The molecule has 2 heterocycles. The summed E-state index contributed by atoms with van der Waals surface area (Å²) in [6.45, 7) is 3.34. The van der Waals surface area contributed by atoms with E-state index in [4.69, 9.17) is 11.6 Å². The number of carbonyl (C=O) groups excluding carboxylic acids is 1. The molecule has 0 aliphatic carbocycles. The third-order valence-corrected chi connectivity index (χ3v) is 4.30. The van der Waals surface area contributed by atoms with E-state index in [1.807, 2.05) is 29.7 Å². The summed E-state index contributed by atoms with van der Waals surface area (Å²) in [6, 6.07) is 5.79. The van der Waals surface area contributed by atoms with Gasteiger partial charge in [0.05, 0.1) is 6.20 Å². The molecule has 1 aliphatic heterocycles. The third-order valence-electron chi connectivity index (χ3n) is 3.88. The summed E-state index contributed by atoms with van der Waals surface area (Å²) < 4.78 is 2.03. The molecule has 0 radical (unpaired) electrons. The summed E-state index contributed by atoms with van der Waals surface area (Å²) in [7, 11) is 0. The van der Waals surface area contributed by atoms with E-state index in [-0.39, 0.29) is 5.91 Å². The fraction of sp³-hybridized carbons (Fsp3) is 0.375. The van der Waals surface area contributed by atoms with Gasteiger partial charge in [0.25, 0.3) is 5.91 Å². The van der Waals surface area contributed by atoms with E-state index in [0.29, 0.717) is 12.2 Å². The quantitative estimate of drug-likeness (QED) is 0.947. The summed E-state index contributed by atoms with van der Waals surface area (Å²) in [4.78, 5) is 16.6. The number of nitrogens with zero attached hydrogens (tertiary/aromatic N) is 2. The molecule has 0 saturated heterocycles. The first-order chi connectivity index (χ1) is 10.1. The van der Waals surface area contributed by atoms with Crippen LogP contribution in [0.3, 0.4) is 0 Å². The minimum Gasteiger partial charge on any atom is -0.347 e. The van der Waals surface area contributed by atoms with Crippen LogP contribution in [-0.4, -0.2) is 15.5 Å². The van der Waals surface area contributed by atoms with Gasteiger partial charge in [-0.05, 0) is 37.0 Å². The summed E-state index contributed by atoms with van der Waals surface area (Å²) >= 11 is 6.01. The molecule has 1 aromatic heterocycles. The Labute approximate surface area is 129 Å². The van der Waals surface area contributed by atoms with Crippen LogP contribution in [0.15, 0.2) is 24.4 Å². The monoisotopic (exact) mass is 303 g/mol. The van der Waals surface area contributed by atoms with E-state index in [1.54, 1.807) is 6.20 Å². The normalized spacial score (nSPS) is 13.8. The van der Waals surface area contributed by atoms with Gasteiger partial charge < -0.3 is 9.88 Å². The first kappa shape index (κ1) is 14.1. The van der Waals surface area contributed by atoms with Gasteiger partial charge in [-0.3, -0.25) is 4.79 Å². The fourth-order valence-electron chi connectivity index (χ4n) is 2.69. The van der Waals surface area contributed by atoms with Crippen molar-refractivity contribution in [1.82, 2.24) is 14.9 Å². The lowest BCUT2D eigenvalue weighted by Gasteiger charge is -2.16. The van der Waals surface area contributed by atoms with Gasteiger partial charge in [0, 0.05) is 24.5 Å². The van der Waals surface area contributed by atoms with Crippen molar-refractivity contribution < 1.29 is 4.79 Å². The molecule has 0 bridgehead atoms. The maximum atomic E-state index is 12.3. The molecular weight excluding hydrogens is 286 g/mol. The maximum absolute atomic E-state index is 12.3. The van der Waals surface area contributed by atoms with Crippen LogP contribution >= 0.6 is 11.6 Å². The number of aromatic nitrogens is 2. The minimum atomic E-state index is -0.0664. The van der Waals surface area contributed by atoms with Gasteiger partial charge in [-0.25, -0.2) is 4.98 Å². The van der Waals surface area contributed by atoms with Crippen molar-refractivity contribution >= 4 is 17.5 Å². The van der Waals surface area contributed by atoms with Gasteiger partial charge in [-0.1, -0.05) is 23.7 Å². The Kier molecular flexibility index (Phi) is 3.97. The number of imidazole rings is 1. The molecule has 110 valence electrons. The first-order valence-corrected chi connectivity index (χ1v) is 7.60. The first-order valence-electron chi connectivity index (χ1n) is 7.23. The van der Waals surface area contributed by atoms with Crippen molar-refractivity contribution in [3.63, 3.8) is 0 Å². The van der Waals surface area contributed by atoms with E-state index >= 15 is 0 Å². The Morgan fingerprint density at radius 3 is 3.10 bits per heavy atom. The maximum Gasteiger partial charge on any atom is 0.269 e. The van der Waals surface area contributed by atoms with Crippen LogP contribution in [0.2, 0.25) is 5.02 Å². The predicted molar refractivity (Wildman–Crippen MR) is 82.5 cm³/mol.